The van der Waals surface area contributed by atoms with E-state index in [-0.39, 0.29) is 29.2 Å². The van der Waals surface area contributed by atoms with Crippen LogP contribution >= 0.6 is 11.6 Å². The molecule has 0 saturated heterocycles. The molecule has 2 rings (SSSR count). The first-order valence-electron chi connectivity index (χ1n) is 8.07. The van der Waals surface area contributed by atoms with Gasteiger partial charge in [-0.25, -0.2) is 0 Å². The number of anilines is 1. The van der Waals surface area contributed by atoms with Crippen LogP contribution < -0.4 is 16.2 Å². The Kier molecular flexibility index (Phi) is 7.52. The van der Waals surface area contributed by atoms with E-state index in [1.54, 1.807) is 19.1 Å². The van der Waals surface area contributed by atoms with Crippen LogP contribution in [0.5, 0.6) is 0 Å². The van der Waals surface area contributed by atoms with E-state index in [2.05, 4.69) is 21.3 Å². The highest BCUT2D eigenvalue weighted by atomic mass is 35.5. The molecule has 1 aromatic carbocycles. The van der Waals surface area contributed by atoms with E-state index in [0.717, 1.165) is 0 Å². The fourth-order valence-corrected chi connectivity index (χ4v) is 2.16. The van der Waals surface area contributed by atoms with Crippen LogP contribution in [0.2, 0.25) is 5.02 Å². The first-order valence-corrected chi connectivity index (χ1v) is 8.45. The SMILES string of the molecule is Cc1cc(NC(=O)COC(=O)CCC(=O)NNC(=O)c2ccccc2Cl)no1. The molecule has 11 heteroatoms. The molecule has 0 spiro atoms. The largest absolute Gasteiger partial charge is 0.456 e. The van der Waals surface area contributed by atoms with Crippen LogP contribution in [0.15, 0.2) is 34.9 Å². The first kappa shape index (κ1) is 20.9. The molecule has 0 aliphatic rings. The molecule has 1 aromatic heterocycles. The van der Waals surface area contributed by atoms with Gasteiger partial charge in [-0.1, -0.05) is 28.9 Å². The highest BCUT2D eigenvalue weighted by Crippen LogP contribution is 2.14. The normalized spacial score (nSPS) is 10.1. The molecule has 28 heavy (non-hydrogen) atoms. The number of halogens is 1. The van der Waals surface area contributed by atoms with Gasteiger partial charge in [0, 0.05) is 12.5 Å². The van der Waals surface area contributed by atoms with Crippen molar-refractivity contribution >= 4 is 41.1 Å². The average Bonchev–Trinajstić information content (AvgIpc) is 3.07. The number of benzene rings is 1. The van der Waals surface area contributed by atoms with Crippen LogP contribution in [0.4, 0.5) is 5.82 Å². The Balaban J connectivity index is 1.64. The summed E-state index contributed by atoms with van der Waals surface area (Å²) in [6.45, 7) is 1.13. The minimum absolute atomic E-state index is 0.192. The third-order valence-electron chi connectivity index (χ3n) is 3.25. The molecule has 0 bridgehead atoms. The van der Waals surface area contributed by atoms with Crippen molar-refractivity contribution in [3.8, 4) is 0 Å². The lowest BCUT2D eigenvalue weighted by molar-refractivity contribution is -0.148. The summed E-state index contributed by atoms with van der Waals surface area (Å²) in [6.07, 6.45) is -0.518. The summed E-state index contributed by atoms with van der Waals surface area (Å²) in [4.78, 5) is 46.8. The first-order chi connectivity index (χ1) is 13.3. The van der Waals surface area contributed by atoms with Crippen LogP contribution in [-0.4, -0.2) is 35.5 Å². The van der Waals surface area contributed by atoms with Gasteiger partial charge in [0.15, 0.2) is 12.4 Å². The summed E-state index contributed by atoms with van der Waals surface area (Å²) >= 11 is 5.87. The highest BCUT2D eigenvalue weighted by Gasteiger charge is 2.13. The summed E-state index contributed by atoms with van der Waals surface area (Å²) in [6, 6.07) is 7.82. The number of nitrogens with one attached hydrogen (secondary N) is 3. The molecular weight excluding hydrogens is 392 g/mol. The quantitative estimate of drug-likeness (QED) is 0.464. The van der Waals surface area contributed by atoms with Crippen molar-refractivity contribution in [3.05, 3.63) is 46.7 Å². The Bertz CT molecular complexity index is 882. The lowest BCUT2D eigenvalue weighted by Crippen LogP contribution is -2.41. The zero-order valence-corrected chi connectivity index (χ0v) is 15.5. The number of hydrogen-bond acceptors (Lipinski definition) is 7. The lowest BCUT2D eigenvalue weighted by Gasteiger charge is -2.08. The summed E-state index contributed by atoms with van der Waals surface area (Å²) in [5, 5.41) is 6.17. The Morgan fingerprint density at radius 1 is 1.11 bits per heavy atom. The highest BCUT2D eigenvalue weighted by molar-refractivity contribution is 6.33. The molecular formula is C17H17ClN4O6. The Labute approximate surface area is 164 Å². The van der Waals surface area contributed by atoms with Crippen LogP contribution in [0.3, 0.4) is 0 Å². The molecule has 10 nitrogen and oxygen atoms in total. The van der Waals surface area contributed by atoms with E-state index in [9.17, 15) is 19.2 Å². The minimum Gasteiger partial charge on any atom is -0.456 e. The zero-order valence-electron chi connectivity index (χ0n) is 14.8. The van der Waals surface area contributed by atoms with Gasteiger partial charge < -0.3 is 14.6 Å². The molecule has 3 amide bonds. The van der Waals surface area contributed by atoms with E-state index >= 15 is 0 Å². The molecule has 0 aliphatic carbocycles. The Hall–Kier alpha value is -3.40. The molecule has 0 radical (unpaired) electrons. The van der Waals surface area contributed by atoms with Gasteiger partial charge in [0.2, 0.25) is 5.91 Å². The lowest BCUT2D eigenvalue weighted by atomic mass is 10.2. The van der Waals surface area contributed by atoms with Gasteiger partial charge in [0.25, 0.3) is 11.8 Å². The topological polar surface area (TPSA) is 140 Å². The molecule has 0 fully saturated rings. The molecule has 3 N–H and O–H groups in total. The number of nitrogens with zero attached hydrogens (tertiary/aromatic N) is 1. The van der Waals surface area contributed by atoms with Gasteiger partial charge in [0.1, 0.15) is 5.76 Å². The van der Waals surface area contributed by atoms with Crippen molar-refractivity contribution in [2.45, 2.75) is 19.8 Å². The smallest absolute Gasteiger partial charge is 0.306 e. The Morgan fingerprint density at radius 2 is 1.86 bits per heavy atom. The van der Waals surface area contributed by atoms with Gasteiger partial charge in [-0.3, -0.25) is 30.0 Å². The van der Waals surface area contributed by atoms with Crippen molar-refractivity contribution in [2.24, 2.45) is 0 Å². The number of aromatic nitrogens is 1. The summed E-state index contributed by atoms with van der Waals surface area (Å²) in [5.74, 6) is -1.84. The number of carbonyl (C=O) groups is 4. The zero-order chi connectivity index (χ0) is 20.5. The molecule has 2 aromatic rings. The van der Waals surface area contributed by atoms with E-state index < -0.39 is 30.3 Å². The number of esters is 1. The second-order valence-electron chi connectivity index (χ2n) is 5.51. The van der Waals surface area contributed by atoms with Crippen molar-refractivity contribution in [3.63, 3.8) is 0 Å². The van der Waals surface area contributed by atoms with Crippen LogP contribution in [0.1, 0.15) is 29.0 Å². The second kappa shape index (κ2) is 10.1. The maximum Gasteiger partial charge on any atom is 0.306 e. The summed E-state index contributed by atoms with van der Waals surface area (Å²) < 4.78 is 9.53. The number of aryl methyl sites for hydroxylation is 1. The Morgan fingerprint density at radius 3 is 2.54 bits per heavy atom. The minimum atomic E-state index is -0.751. The molecule has 0 saturated carbocycles. The van der Waals surface area contributed by atoms with Crippen LogP contribution in [0, 0.1) is 6.92 Å². The van der Waals surface area contributed by atoms with Crippen LogP contribution in [-0.2, 0) is 19.1 Å². The van der Waals surface area contributed by atoms with Crippen molar-refractivity contribution in [1.29, 1.82) is 0 Å². The number of ether oxygens (including phenoxy) is 1. The average molecular weight is 409 g/mol. The summed E-state index contributed by atoms with van der Waals surface area (Å²) in [7, 11) is 0. The predicted molar refractivity (Wildman–Crippen MR) is 97.1 cm³/mol. The fraction of sp³-hybridized carbons (Fsp3) is 0.235. The van der Waals surface area contributed by atoms with Gasteiger partial charge in [0.05, 0.1) is 17.0 Å². The van der Waals surface area contributed by atoms with Gasteiger partial charge in [-0.15, -0.1) is 0 Å². The maximum absolute atomic E-state index is 11.9. The van der Waals surface area contributed by atoms with E-state index in [4.69, 9.17) is 20.9 Å². The fourth-order valence-electron chi connectivity index (χ4n) is 1.94. The van der Waals surface area contributed by atoms with Crippen molar-refractivity contribution in [1.82, 2.24) is 16.0 Å². The van der Waals surface area contributed by atoms with Gasteiger partial charge in [-0.05, 0) is 19.1 Å². The van der Waals surface area contributed by atoms with Crippen molar-refractivity contribution in [2.75, 3.05) is 11.9 Å². The molecule has 0 unspecified atom stereocenters. The number of amides is 3. The maximum atomic E-state index is 11.9. The third kappa shape index (κ3) is 6.72. The van der Waals surface area contributed by atoms with Gasteiger partial charge in [-0.2, -0.15) is 0 Å². The summed E-state index contributed by atoms with van der Waals surface area (Å²) in [5.41, 5.74) is 4.54. The van der Waals surface area contributed by atoms with E-state index in [0.29, 0.717) is 5.76 Å². The molecule has 1 heterocycles. The number of carbonyl (C=O) groups excluding carboxylic acids is 4. The molecule has 0 aliphatic heterocycles. The third-order valence-corrected chi connectivity index (χ3v) is 3.58. The number of hydrogen-bond donors (Lipinski definition) is 3. The number of rotatable bonds is 7. The second-order valence-corrected chi connectivity index (χ2v) is 5.92. The number of hydrazine groups is 1. The van der Waals surface area contributed by atoms with E-state index in [1.807, 2.05) is 0 Å². The monoisotopic (exact) mass is 408 g/mol. The predicted octanol–water partition coefficient (Wildman–Crippen LogP) is 1.36. The van der Waals surface area contributed by atoms with Crippen LogP contribution in [0.25, 0.3) is 0 Å². The van der Waals surface area contributed by atoms with Crippen molar-refractivity contribution < 1.29 is 28.4 Å². The molecule has 148 valence electrons. The standard InChI is InChI=1S/C17H17ClN4O6/c1-10-8-13(22-28-10)19-15(24)9-27-16(25)7-6-14(23)20-21-17(26)11-4-2-3-5-12(11)18/h2-5,8H,6-7,9H2,1H3,(H,20,23)(H,21,26)(H,19,22,24). The molecule has 0 atom stereocenters. The van der Waals surface area contributed by atoms with E-state index in [1.165, 1.54) is 18.2 Å². The van der Waals surface area contributed by atoms with Gasteiger partial charge >= 0.3 is 5.97 Å².